The van der Waals surface area contributed by atoms with E-state index in [-0.39, 0.29) is 5.54 Å². The van der Waals surface area contributed by atoms with Crippen LogP contribution in [0.25, 0.3) is 0 Å². The first-order valence-corrected chi connectivity index (χ1v) is 6.63. The summed E-state index contributed by atoms with van der Waals surface area (Å²) in [7, 11) is 0. The fraction of sp³-hybridized carbons (Fsp3) is 0.571. The van der Waals surface area contributed by atoms with Gasteiger partial charge in [-0.15, -0.1) is 0 Å². The maximum Gasteiger partial charge on any atom is 0.0470 e. The Morgan fingerprint density at radius 2 is 2.12 bits per heavy atom. The standard InChI is InChI=1S/C14H21ClN2/c1-11-9-12(15)5-6-13(11)17-8-4-7-16-10-14(17,2)3/h5-6,9,16H,4,7-8,10H2,1-3H3. The van der Waals surface area contributed by atoms with Gasteiger partial charge in [0.25, 0.3) is 0 Å². The van der Waals surface area contributed by atoms with E-state index in [4.69, 9.17) is 11.6 Å². The summed E-state index contributed by atoms with van der Waals surface area (Å²) in [5.41, 5.74) is 2.71. The second-order valence-electron chi connectivity index (χ2n) is 5.43. The van der Waals surface area contributed by atoms with Crippen molar-refractivity contribution in [2.75, 3.05) is 24.5 Å². The molecule has 0 bridgehead atoms. The highest BCUT2D eigenvalue weighted by Crippen LogP contribution is 2.30. The first kappa shape index (κ1) is 12.7. The Bertz CT molecular complexity index is 401. The van der Waals surface area contributed by atoms with E-state index in [9.17, 15) is 0 Å². The van der Waals surface area contributed by atoms with E-state index in [1.807, 2.05) is 12.1 Å². The normalized spacial score (nSPS) is 20.1. The minimum atomic E-state index is 0.148. The van der Waals surface area contributed by atoms with E-state index in [2.05, 4.69) is 37.1 Å². The van der Waals surface area contributed by atoms with Crippen LogP contribution in [0.5, 0.6) is 0 Å². The summed E-state index contributed by atoms with van der Waals surface area (Å²) in [5.74, 6) is 0. The molecule has 1 aliphatic heterocycles. The fourth-order valence-corrected chi connectivity index (χ4v) is 2.75. The largest absolute Gasteiger partial charge is 0.365 e. The maximum absolute atomic E-state index is 6.03. The maximum atomic E-state index is 6.03. The van der Waals surface area contributed by atoms with E-state index in [1.165, 1.54) is 17.7 Å². The van der Waals surface area contributed by atoms with Gasteiger partial charge in [-0.05, 0) is 57.5 Å². The highest BCUT2D eigenvalue weighted by molar-refractivity contribution is 6.30. The molecule has 0 atom stereocenters. The number of hydrogen-bond donors (Lipinski definition) is 1. The van der Waals surface area contributed by atoms with Crippen molar-refractivity contribution >= 4 is 17.3 Å². The minimum Gasteiger partial charge on any atom is -0.365 e. The molecule has 1 aromatic rings. The molecule has 1 N–H and O–H groups in total. The van der Waals surface area contributed by atoms with Crippen LogP contribution in [-0.2, 0) is 0 Å². The summed E-state index contributed by atoms with van der Waals surface area (Å²) >= 11 is 6.03. The number of benzene rings is 1. The molecule has 2 nitrogen and oxygen atoms in total. The van der Waals surface area contributed by atoms with Gasteiger partial charge in [0.15, 0.2) is 0 Å². The molecular weight excluding hydrogens is 232 g/mol. The van der Waals surface area contributed by atoms with Gasteiger partial charge in [-0.1, -0.05) is 11.6 Å². The molecule has 1 saturated heterocycles. The molecule has 0 amide bonds. The number of nitrogens with one attached hydrogen (secondary N) is 1. The highest BCUT2D eigenvalue weighted by Gasteiger charge is 2.29. The molecule has 1 heterocycles. The molecule has 0 aliphatic carbocycles. The summed E-state index contributed by atoms with van der Waals surface area (Å²) in [5, 5.41) is 4.32. The van der Waals surface area contributed by atoms with Gasteiger partial charge in [0.1, 0.15) is 0 Å². The summed E-state index contributed by atoms with van der Waals surface area (Å²) < 4.78 is 0. The minimum absolute atomic E-state index is 0.148. The van der Waals surface area contributed by atoms with Crippen molar-refractivity contribution in [3.05, 3.63) is 28.8 Å². The first-order chi connectivity index (χ1) is 8.00. The van der Waals surface area contributed by atoms with Crippen molar-refractivity contribution in [2.45, 2.75) is 32.7 Å². The SMILES string of the molecule is Cc1cc(Cl)ccc1N1CCCNCC1(C)C. The van der Waals surface area contributed by atoms with Crippen LogP contribution in [0.3, 0.4) is 0 Å². The van der Waals surface area contributed by atoms with E-state index in [0.717, 1.165) is 24.7 Å². The number of aryl methyl sites for hydroxylation is 1. The molecule has 1 fully saturated rings. The van der Waals surface area contributed by atoms with E-state index < -0.39 is 0 Å². The van der Waals surface area contributed by atoms with Gasteiger partial charge < -0.3 is 10.2 Å². The Hall–Kier alpha value is -0.730. The Labute approximate surface area is 109 Å². The number of rotatable bonds is 1. The Kier molecular flexibility index (Phi) is 3.64. The number of halogens is 1. The Balaban J connectivity index is 2.35. The second kappa shape index (κ2) is 4.87. The average molecular weight is 253 g/mol. The third-order valence-corrected chi connectivity index (χ3v) is 3.71. The fourth-order valence-electron chi connectivity index (χ4n) is 2.52. The van der Waals surface area contributed by atoms with Gasteiger partial charge in [0, 0.05) is 29.3 Å². The van der Waals surface area contributed by atoms with Crippen molar-refractivity contribution in [1.82, 2.24) is 5.32 Å². The molecule has 0 spiro atoms. The van der Waals surface area contributed by atoms with Crippen LogP contribution in [0.4, 0.5) is 5.69 Å². The smallest absolute Gasteiger partial charge is 0.0470 e. The molecule has 17 heavy (non-hydrogen) atoms. The molecule has 2 rings (SSSR count). The van der Waals surface area contributed by atoms with Crippen molar-refractivity contribution in [3.8, 4) is 0 Å². The average Bonchev–Trinajstić information content (AvgIpc) is 2.40. The van der Waals surface area contributed by atoms with Crippen LogP contribution >= 0.6 is 11.6 Å². The van der Waals surface area contributed by atoms with E-state index >= 15 is 0 Å². The quantitative estimate of drug-likeness (QED) is 0.826. The molecule has 0 unspecified atom stereocenters. The molecule has 1 aliphatic rings. The summed E-state index contributed by atoms with van der Waals surface area (Å²) in [6.07, 6.45) is 1.19. The topological polar surface area (TPSA) is 15.3 Å². The number of anilines is 1. The van der Waals surface area contributed by atoms with Crippen molar-refractivity contribution in [3.63, 3.8) is 0 Å². The predicted octanol–water partition coefficient (Wildman–Crippen LogP) is 3.23. The van der Waals surface area contributed by atoms with Gasteiger partial charge in [-0.25, -0.2) is 0 Å². The monoisotopic (exact) mass is 252 g/mol. The van der Waals surface area contributed by atoms with Crippen LogP contribution in [0, 0.1) is 6.92 Å². The summed E-state index contributed by atoms with van der Waals surface area (Å²) in [6.45, 7) is 9.94. The van der Waals surface area contributed by atoms with Gasteiger partial charge in [-0.3, -0.25) is 0 Å². The van der Waals surface area contributed by atoms with Gasteiger partial charge >= 0.3 is 0 Å². The van der Waals surface area contributed by atoms with Crippen LogP contribution in [-0.4, -0.2) is 25.2 Å². The number of hydrogen-bond acceptors (Lipinski definition) is 2. The van der Waals surface area contributed by atoms with Crippen molar-refractivity contribution < 1.29 is 0 Å². The molecule has 94 valence electrons. The van der Waals surface area contributed by atoms with Crippen LogP contribution in [0.15, 0.2) is 18.2 Å². The highest BCUT2D eigenvalue weighted by atomic mass is 35.5. The summed E-state index contributed by atoms with van der Waals surface area (Å²) in [6, 6.07) is 6.17. The van der Waals surface area contributed by atoms with Crippen molar-refractivity contribution in [2.24, 2.45) is 0 Å². The first-order valence-electron chi connectivity index (χ1n) is 6.25. The zero-order valence-electron chi connectivity index (χ0n) is 10.9. The third kappa shape index (κ3) is 2.75. The Morgan fingerprint density at radius 3 is 2.82 bits per heavy atom. The van der Waals surface area contributed by atoms with E-state index in [1.54, 1.807) is 0 Å². The zero-order chi connectivity index (χ0) is 12.5. The molecular formula is C14H21ClN2. The molecule has 1 aromatic carbocycles. The van der Waals surface area contributed by atoms with Gasteiger partial charge in [0.2, 0.25) is 0 Å². The zero-order valence-corrected chi connectivity index (χ0v) is 11.6. The lowest BCUT2D eigenvalue weighted by Gasteiger charge is -2.39. The molecule has 0 saturated carbocycles. The van der Waals surface area contributed by atoms with Crippen LogP contribution < -0.4 is 10.2 Å². The van der Waals surface area contributed by atoms with Crippen LogP contribution in [0.2, 0.25) is 5.02 Å². The lowest BCUT2D eigenvalue weighted by molar-refractivity contribution is 0.462. The van der Waals surface area contributed by atoms with E-state index in [0.29, 0.717) is 0 Å². The molecule has 0 radical (unpaired) electrons. The lowest BCUT2D eigenvalue weighted by atomic mass is 10.0. The third-order valence-electron chi connectivity index (χ3n) is 3.47. The molecule has 3 heteroatoms. The van der Waals surface area contributed by atoms with Crippen molar-refractivity contribution in [1.29, 1.82) is 0 Å². The van der Waals surface area contributed by atoms with Crippen LogP contribution in [0.1, 0.15) is 25.8 Å². The second-order valence-corrected chi connectivity index (χ2v) is 5.86. The van der Waals surface area contributed by atoms with Gasteiger partial charge in [0.05, 0.1) is 0 Å². The molecule has 0 aromatic heterocycles. The summed E-state index contributed by atoms with van der Waals surface area (Å²) in [4.78, 5) is 2.50. The predicted molar refractivity (Wildman–Crippen MR) is 75.1 cm³/mol. The lowest BCUT2D eigenvalue weighted by Crippen LogP contribution is -2.49. The number of nitrogens with zero attached hydrogens (tertiary/aromatic N) is 1. The Morgan fingerprint density at radius 1 is 1.35 bits per heavy atom. The van der Waals surface area contributed by atoms with Gasteiger partial charge in [-0.2, -0.15) is 0 Å².